The van der Waals surface area contributed by atoms with E-state index in [9.17, 15) is 13.2 Å². The maximum absolute atomic E-state index is 11.8. The summed E-state index contributed by atoms with van der Waals surface area (Å²) in [4.78, 5) is 0. The van der Waals surface area contributed by atoms with E-state index in [1.165, 1.54) is 0 Å². The van der Waals surface area contributed by atoms with Crippen LogP contribution in [0.2, 0.25) is 0 Å². The van der Waals surface area contributed by atoms with Gasteiger partial charge < -0.3 is 11.1 Å². The minimum Gasteiger partial charge on any atom is -0.328 e. The van der Waals surface area contributed by atoms with Crippen molar-refractivity contribution in [1.82, 2.24) is 5.32 Å². The van der Waals surface area contributed by atoms with Gasteiger partial charge in [-0.05, 0) is 38.8 Å². The molecule has 0 spiro atoms. The summed E-state index contributed by atoms with van der Waals surface area (Å²) in [7, 11) is 0. The fraction of sp³-hybridized carbons (Fsp3) is 1.00. The lowest BCUT2D eigenvalue weighted by Gasteiger charge is -2.11. The summed E-state index contributed by atoms with van der Waals surface area (Å²) in [6.45, 7) is 3.53. The molecule has 0 aliphatic rings. The Hall–Kier alpha value is -0.290. The Morgan fingerprint density at radius 3 is 2.38 bits per heavy atom. The molecule has 0 saturated heterocycles. The molecule has 0 heterocycles. The minimum atomic E-state index is -4.01. The van der Waals surface area contributed by atoms with Gasteiger partial charge in [0.2, 0.25) is 0 Å². The summed E-state index contributed by atoms with van der Waals surface area (Å²) in [5, 5.41) is 3.11. The van der Waals surface area contributed by atoms with Gasteiger partial charge in [-0.3, -0.25) is 0 Å². The summed E-state index contributed by atoms with van der Waals surface area (Å²) in [5.74, 6) is 0. The van der Waals surface area contributed by atoms with Crippen molar-refractivity contribution >= 4 is 0 Å². The Morgan fingerprint density at radius 1 is 1.12 bits per heavy atom. The highest BCUT2D eigenvalue weighted by Crippen LogP contribution is 2.21. The molecule has 0 rings (SSSR count). The van der Waals surface area contributed by atoms with Gasteiger partial charge in [0.15, 0.2) is 0 Å². The van der Waals surface area contributed by atoms with Crippen LogP contribution in [0.25, 0.3) is 0 Å². The third-order valence-corrected chi connectivity index (χ3v) is 2.42. The van der Waals surface area contributed by atoms with E-state index in [4.69, 9.17) is 5.73 Å². The van der Waals surface area contributed by atoms with Gasteiger partial charge in [-0.25, -0.2) is 0 Å². The maximum atomic E-state index is 11.8. The molecular formula is C11H23F3N2. The van der Waals surface area contributed by atoms with Gasteiger partial charge >= 0.3 is 6.18 Å². The van der Waals surface area contributed by atoms with Gasteiger partial charge in [0.05, 0.1) is 0 Å². The lowest BCUT2D eigenvalue weighted by atomic mass is 10.1. The van der Waals surface area contributed by atoms with Crippen LogP contribution in [0, 0.1) is 0 Å². The lowest BCUT2D eigenvalue weighted by molar-refractivity contribution is -0.135. The van der Waals surface area contributed by atoms with Crippen LogP contribution < -0.4 is 11.1 Å². The molecule has 0 bridgehead atoms. The zero-order valence-corrected chi connectivity index (χ0v) is 9.95. The molecule has 0 aliphatic carbocycles. The standard InChI is InChI=1S/C11H23F3N2/c1-2-5-10(15)6-9-16-8-4-3-7-11(12,13)14/h10,16H,2-9,15H2,1H3. The van der Waals surface area contributed by atoms with Crippen LogP contribution in [0.3, 0.4) is 0 Å². The molecule has 0 fully saturated rings. The highest BCUT2D eigenvalue weighted by Gasteiger charge is 2.25. The van der Waals surface area contributed by atoms with Crippen molar-refractivity contribution in [3.8, 4) is 0 Å². The van der Waals surface area contributed by atoms with E-state index in [-0.39, 0.29) is 12.5 Å². The number of hydrogen-bond donors (Lipinski definition) is 2. The number of unbranched alkanes of at least 4 members (excludes halogenated alkanes) is 1. The summed E-state index contributed by atoms with van der Waals surface area (Å²) in [6.07, 6.45) is -0.927. The van der Waals surface area contributed by atoms with Crippen LogP contribution in [-0.2, 0) is 0 Å². The van der Waals surface area contributed by atoms with Crippen molar-refractivity contribution in [3.05, 3.63) is 0 Å². The second-order valence-corrected chi connectivity index (χ2v) is 4.16. The van der Waals surface area contributed by atoms with Gasteiger partial charge in [-0.2, -0.15) is 13.2 Å². The Kier molecular flexibility index (Phi) is 8.66. The number of hydrogen-bond acceptors (Lipinski definition) is 2. The summed E-state index contributed by atoms with van der Waals surface area (Å²) in [6, 6.07) is 0.215. The molecule has 1 atom stereocenters. The van der Waals surface area contributed by atoms with Crippen LogP contribution in [-0.4, -0.2) is 25.3 Å². The summed E-state index contributed by atoms with van der Waals surface area (Å²) in [5.41, 5.74) is 5.79. The molecule has 5 heteroatoms. The smallest absolute Gasteiger partial charge is 0.328 e. The lowest BCUT2D eigenvalue weighted by Crippen LogP contribution is -2.27. The van der Waals surface area contributed by atoms with Crippen LogP contribution in [0.4, 0.5) is 13.2 Å². The molecule has 98 valence electrons. The Bertz CT molecular complexity index is 160. The summed E-state index contributed by atoms with van der Waals surface area (Å²) < 4.78 is 35.4. The van der Waals surface area contributed by atoms with Crippen molar-refractivity contribution in [2.24, 2.45) is 5.73 Å². The van der Waals surface area contributed by atoms with E-state index in [0.29, 0.717) is 13.0 Å². The number of rotatable bonds is 9. The maximum Gasteiger partial charge on any atom is 0.389 e. The largest absolute Gasteiger partial charge is 0.389 e. The Balaban J connectivity index is 3.16. The first-order chi connectivity index (χ1) is 7.45. The van der Waals surface area contributed by atoms with E-state index in [1.54, 1.807) is 0 Å². The van der Waals surface area contributed by atoms with Crippen molar-refractivity contribution in [2.75, 3.05) is 13.1 Å². The predicted octanol–water partition coefficient (Wildman–Crippen LogP) is 2.83. The fourth-order valence-corrected chi connectivity index (χ4v) is 1.50. The van der Waals surface area contributed by atoms with Crippen molar-refractivity contribution in [3.63, 3.8) is 0 Å². The van der Waals surface area contributed by atoms with E-state index in [1.807, 2.05) is 0 Å². The quantitative estimate of drug-likeness (QED) is 0.608. The fourth-order valence-electron chi connectivity index (χ4n) is 1.50. The average Bonchev–Trinajstić information content (AvgIpc) is 2.15. The van der Waals surface area contributed by atoms with Crippen LogP contribution in [0.15, 0.2) is 0 Å². The normalized spacial score (nSPS) is 14.1. The van der Waals surface area contributed by atoms with Crippen LogP contribution in [0.5, 0.6) is 0 Å². The first kappa shape index (κ1) is 15.7. The molecule has 3 N–H and O–H groups in total. The molecule has 0 aromatic carbocycles. The molecule has 1 unspecified atom stereocenters. The molecule has 2 nitrogen and oxygen atoms in total. The third-order valence-electron chi connectivity index (χ3n) is 2.42. The SMILES string of the molecule is CCCC(N)CCNCCCCC(F)(F)F. The van der Waals surface area contributed by atoms with Gasteiger partial charge in [-0.1, -0.05) is 13.3 Å². The van der Waals surface area contributed by atoms with E-state index in [0.717, 1.165) is 25.8 Å². The van der Waals surface area contributed by atoms with Crippen LogP contribution >= 0.6 is 0 Å². The van der Waals surface area contributed by atoms with Gasteiger partial charge in [0, 0.05) is 12.5 Å². The highest BCUT2D eigenvalue weighted by atomic mass is 19.4. The molecule has 0 saturated carbocycles. The molecule has 16 heavy (non-hydrogen) atoms. The number of alkyl halides is 3. The first-order valence-electron chi connectivity index (χ1n) is 5.98. The van der Waals surface area contributed by atoms with E-state index < -0.39 is 12.6 Å². The van der Waals surface area contributed by atoms with E-state index >= 15 is 0 Å². The first-order valence-corrected chi connectivity index (χ1v) is 5.98. The number of nitrogens with two attached hydrogens (primary N) is 1. The molecule has 0 radical (unpaired) electrons. The molecular weight excluding hydrogens is 217 g/mol. The van der Waals surface area contributed by atoms with Crippen molar-refractivity contribution in [1.29, 1.82) is 0 Å². The van der Waals surface area contributed by atoms with Crippen molar-refractivity contribution < 1.29 is 13.2 Å². The van der Waals surface area contributed by atoms with E-state index in [2.05, 4.69) is 12.2 Å². The van der Waals surface area contributed by atoms with Crippen LogP contribution in [0.1, 0.15) is 45.4 Å². The molecule has 0 amide bonds. The summed E-state index contributed by atoms with van der Waals surface area (Å²) >= 11 is 0. The highest BCUT2D eigenvalue weighted by molar-refractivity contribution is 4.62. The third kappa shape index (κ3) is 11.8. The Morgan fingerprint density at radius 2 is 1.81 bits per heavy atom. The number of nitrogens with one attached hydrogen (secondary N) is 1. The zero-order chi connectivity index (χ0) is 12.4. The number of halogens is 3. The topological polar surface area (TPSA) is 38.0 Å². The monoisotopic (exact) mass is 240 g/mol. The molecule has 0 aromatic heterocycles. The molecule has 0 aliphatic heterocycles. The average molecular weight is 240 g/mol. The Labute approximate surface area is 95.8 Å². The predicted molar refractivity (Wildman–Crippen MR) is 60.3 cm³/mol. The second kappa shape index (κ2) is 8.82. The van der Waals surface area contributed by atoms with Gasteiger partial charge in [-0.15, -0.1) is 0 Å². The molecule has 0 aromatic rings. The van der Waals surface area contributed by atoms with Gasteiger partial charge in [0.1, 0.15) is 0 Å². The zero-order valence-electron chi connectivity index (χ0n) is 9.95. The minimum absolute atomic E-state index is 0.206. The van der Waals surface area contributed by atoms with Crippen molar-refractivity contribution in [2.45, 2.75) is 57.7 Å². The second-order valence-electron chi connectivity index (χ2n) is 4.16. The van der Waals surface area contributed by atoms with Gasteiger partial charge in [0.25, 0.3) is 0 Å².